The fourth-order valence-electron chi connectivity index (χ4n) is 2.40. The smallest absolute Gasteiger partial charge is 0.193 e. The number of rotatable bonds is 2. The van der Waals surface area contributed by atoms with Crippen molar-refractivity contribution in [1.29, 1.82) is 0 Å². The fraction of sp³-hybridized carbons (Fsp3) is 0.583. The fourth-order valence-corrected chi connectivity index (χ4v) is 4.30. The highest BCUT2D eigenvalue weighted by Gasteiger charge is 2.37. The van der Waals surface area contributed by atoms with E-state index in [9.17, 15) is 5.11 Å². The van der Waals surface area contributed by atoms with Crippen molar-refractivity contribution in [2.24, 2.45) is 0 Å². The van der Waals surface area contributed by atoms with Crippen LogP contribution in [0.3, 0.4) is 0 Å². The lowest BCUT2D eigenvalue weighted by Gasteiger charge is -2.37. The summed E-state index contributed by atoms with van der Waals surface area (Å²) in [6, 6.07) is 0. The predicted molar refractivity (Wildman–Crippen MR) is 72.9 cm³/mol. The molecule has 2 atom stereocenters. The maximum atomic E-state index is 10.7. The van der Waals surface area contributed by atoms with Gasteiger partial charge in [0.15, 0.2) is 4.96 Å². The SMILES string of the molecule is CC1SCCCC1(O)Cc1cn2ccsc2n1. The molecule has 1 fully saturated rings. The summed E-state index contributed by atoms with van der Waals surface area (Å²) in [7, 11) is 0. The Bertz CT molecular complexity index is 493. The van der Waals surface area contributed by atoms with Gasteiger partial charge in [0.25, 0.3) is 0 Å². The molecule has 2 aromatic heterocycles. The molecule has 5 heteroatoms. The Morgan fingerprint density at radius 2 is 2.53 bits per heavy atom. The van der Waals surface area contributed by atoms with E-state index in [0.717, 1.165) is 23.5 Å². The third-order valence-corrected chi connectivity index (χ3v) is 5.74. The number of thiazole rings is 1. The van der Waals surface area contributed by atoms with Crippen LogP contribution in [0.4, 0.5) is 0 Å². The van der Waals surface area contributed by atoms with E-state index in [1.54, 1.807) is 11.3 Å². The van der Waals surface area contributed by atoms with Gasteiger partial charge >= 0.3 is 0 Å². The summed E-state index contributed by atoms with van der Waals surface area (Å²) in [6.45, 7) is 2.13. The lowest BCUT2D eigenvalue weighted by molar-refractivity contribution is 0.0290. The van der Waals surface area contributed by atoms with Crippen LogP contribution in [0.5, 0.6) is 0 Å². The van der Waals surface area contributed by atoms with E-state index < -0.39 is 5.60 Å². The van der Waals surface area contributed by atoms with Gasteiger partial charge in [0.2, 0.25) is 0 Å². The Morgan fingerprint density at radius 1 is 1.65 bits per heavy atom. The highest BCUT2D eigenvalue weighted by atomic mass is 32.2. The third kappa shape index (κ3) is 2.11. The minimum Gasteiger partial charge on any atom is -0.388 e. The number of aliphatic hydroxyl groups is 1. The van der Waals surface area contributed by atoms with Gasteiger partial charge in [-0.25, -0.2) is 4.98 Å². The molecular weight excluding hydrogens is 252 g/mol. The normalized spacial score (nSPS) is 29.9. The molecule has 17 heavy (non-hydrogen) atoms. The summed E-state index contributed by atoms with van der Waals surface area (Å²) in [5, 5.41) is 13.0. The third-order valence-electron chi connectivity index (χ3n) is 3.51. The highest BCUT2D eigenvalue weighted by molar-refractivity contribution is 8.00. The van der Waals surface area contributed by atoms with Crippen molar-refractivity contribution in [3.8, 4) is 0 Å². The van der Waals surface area contributed by atoms with Crippen molar-refractivity contribution in [2.45, 2.75) is 37.0 Å². The molecule has 3 rings (SSSR count). The van der Waals surface area contributed by atoms with E-state index >= 15 is 0 Å². The van der Waals surface area contributed by atoms with Gasteiger partial charge in [-0.1, -0.05) is 6.92 Å². The van der Waals surface area contributed by atoms with Crippen molar-refractivity contribution in [3.63, 3.8) is 0 Å². The van der Waals surface area contributed by atoms with Crippen LogP contribution in [0.2, 0.25) is 0 Å². The van der Waals surface area contributed by atoms with Gasteiger partial charge in [0.1, 0.15) is 0 Å². The van der Waals surface area contributed by atoms with E-state index in [0.29, 0.717) is 11.7 Å². The predicted octanol–water partition coefficient (Wildman–Crippen LogP) is 2.58. The molecule has 0 amide bonds. The monoisotopic (exact) mass is 268 g/mol. The van der Waals surface area contributed by atoms with Crippen LogP contribution in [-0.2, 0) is 6.42 Å². The van der Waals surface area contributed by atoms with Crippen LogP contribution in [0.1, 0.15) is 25.5 Å². The van der Waals surface area contributed by atoms with Gasteiger partial charge in [-0.3, -0.25) is 4.40 Å². The van der Waals surface area contributed by atoms with Gasteiger partial charge in [-0.05, 0) is 18.6 Å². The Hall–Kier alpha value is -0.520. The van der Waals surface area contributed by atoms with Crippen LogP contribution < -0.4 is 0 Å². The maximum Gasteiger partial charge on any atom is 0.193 e. The summed E-state index contributed by atoms with van der Waals surface area (Å²) in [5.41, 5.74) is 0.432. The van der Waals surface area contributed by atoms with E-state index in [2.05, 4.69) is 11.9 Å². The van der Waals surface area contributed by atoms with Crippen LogP contribution >= 0.6 is 23.1 Å². The molecule has 0 saturated carbocycles. The van der Waals surface area contributed by atoms with Gasteiger partial charge < -0.3 is 5.11 Å². The molecule has 2 aromatic rings. The molecule has 1 saturated heterocycles. The topological polar surface area (TPSA) is 37.5 Å². The van der Waals surface area contributed by atoms with Crippen molar-refractivity contribution >= 4 is 28.1 Å². The molecule has 92 valence electrons. The van der Waals surface area contributed by atoms with Gasteiger partial charge in [-0.2, -0.15) is 11.8 Å². The lowest BCUT2D eigenvalue weighted by Crippen LogP contribution is -2.43. The second kappa shape index (κ2) is 4.30. The number of aromatic nitrogens is 2. The zero-order chi connectivity index (χ0) is 11.9. The number of imidazole rings is 1. The zero-order valence-electron chi connectivity index (χ0n) is 9.80. The molecule has 2 unspecified atom stereocenters. The number of hydrogen-bond donors (Lipinski definition) is 1. The first kappa shape index (κ1) is 11.6. The molecule has 1 aliphatic heterocycles. The Labute approximate surface area is 109 Å². The van der Waals surface area contributed by atoms with Crippen molar-refractivity contribution < 1.29 is 5.11 Å². The maximum absolute atomic E-state index is 10.7. The largest absolute Gasteiger partial charge is 0.388 e. The second-order valence-electron chi connectivity index (χ2n) is 4.72. The quantitative estimate of drug-likeness (QED) is 0.909. The van der Waals surface area contributed by atoms with E-state index in [4.69, 9.17) is 0 Å². The first-order valence-electron chi connectivity index (χ1n) is 5.92. The van der Waals surface area contributed by atoms with Crippen LogP contribution in [0, 0.1) is 0 Å². The Kier molecular flexibility index (Phi) is 2.92. The van der Waals surface area contributed by atoms with Gasteiger partial charge in [-0.15, -0.1) is 11.3 Å². The van der Waals surface area contributed by atoms with Gasteiger partial charge in [0, 0.05) is 29.4 Å². The molecule has 0 spiro atoms. The van der Waals surface area contributed by atoms with E-state index in [-0.39, 0.29) is 0 Å². The summed E-state index contributed by atoms with van der Waals surface area (Å²) >= 11 is 3.51. The van der Waals surface area contributed by atoms with Crippen molar-refractivity contribution in [2.75, 3.05) is 5.75 Å². The molecule has 1 aliphatic rings. The average molecular weight is 268 g/mol. The summed E-state index contributed by atoms with van der Waals surface area (Å²) in [4.78, 5) is 5.57. The Morgan fingerprint density at radius 3 is 3.29 bits per heavy atom. The lowest BCUT2D eigenvalue weighted by atomic mass is 9.89. The number of fused-ring (bicyclic) bond motifs is 1. The van der Waals surface area contributed by atoms with Crippen LogP contribution in [-0.4, -0.2) is 31.1 Å². The number of nitrogens with zero attached hydrogens (tertiary/aromatic N) is 2. The summed E-state index contributed by atoms with van der Waals surface area (Å²) in [6.07, 6.45) is 6.73. The molecule has 0 bridgehead atoms. The molecule has 0 aromatic carbocycles. The summed E-state index contributed by atoms with van der Waals surface area (Å²) < 4.78 is 2.03. The van der Waals surface area contributed by atoms with Crippen molar-refractivity contribution in [1.82, 2.24) is 9.38 Å². The highest BCUT2D eigenvalue weighted by Crippen LogP contribution is 2.36. The molecule has 0 aliphatic carbocycles. The second-order valence-corrected chi connectivity index (χ2v) is 7.04. The minimum atomic E-state index is -0.576. The molecular formula is C12H16N2OS2. The van der Waals surface area contributed by atoms with Crippen molar-refractivity contribution in [3.05, 3.63) is 23.5 Å². The first-order valence-corrected chi connectivity index (χ1v) is 7.85. The minimum absolute atomic E-state index is 0.302. The van der Waals surface area contributed by atoms with E-state index in [1.807, 2.05) is 33.9 Å². The Balaban J connectivity index is 1.83. The van der Waals surface area contributed by atoms with Crippen LogP contribution in [0.15, 0.2) is 17.8 Å². The molecule has 1 N–H and O–H groups in total. The molecule has 3 nitrogen and oxygen atoms in total. The molecule has 0 radical (unpaired) electrons. The van der Waals surface area contributed by atoms with Crippen LogP contribution in [0.25, 0.3) is 4.96 Å². The number of thioether (sulfide) groups is 1. The standard InChI is InChI=1S/C12H16N2OS2/c1-9-12(15,3-2-5-16-9)7-10-8-14-4-6-17-11(14)13-10/h4,6,8-9,15H,2-3,5,7H2,1H3. The summed E-state index contributed by atoms with van der Waals surface area (Å²) in [5.74, 6) is 1.17. The average Bonchev–Trinajstić information content (AvgIpc) is 2.83. The van der Waals surface area contributed by atoms with E-state index in [1.165, 1.54) is 5.75 Å². The zero-order valence-corrected chi connectivity index (χ0v) is 11.4. The van der Waals surface area contributed by atoms with Gasteiger partial charge in [0.05, 0.1) is 11.3 Å². The first-order chi connectivity index (χ1) is 8.17. The molecule has 3 heterocycles. The number of hydrogen-bond acceptors (Lipinski definition) is 4.